The van der Waals surface area contributed by atoms with Crippen molar-refractivity contribution in [2.45, 2.75) is 25.2 Å². The van der Waals surface area contributed by atoms with Crippen LogP contribution in [0.5, 0.6) is 0 Å². The molecule has 1 aliphatic heterocycles. The van der Waals surface area contributed by atoms with E-state index in [2.05, 4.69) is 38.8 Å². The zero-order chi connectivity index (χ0) is 19.3. The van der Waals surface area contributed by atoms with Crippen LogP contribution in [-0.2, 0) is 10.0 Å². The molecule has 1 N–H and O–H groups in total. The molecule has 2 aromatic rings. The van der Waals surface area contributed by atoms with Gasteiger partial charge in [0.2, 0.25) is 10.0 Å². The minimum Gasteiger partial charge on any atom is -0.369 e. The summed E-state index contributed by atoms with van der Waals surface area (Å²) in [4.78, 5) is 5.19. The zero-order valence-corrected chi connectivity index (χ0v) is 17.0. The van der Waals surface area contributed by atoms with Crippen molar-refractivity contribution in [1.82, 2.24) is 9.62 Å². The van der Waals surface area contributed by atoms with Gasteiger partial charge in [0.25, 0.3) is 0 Å². The van der Waals surface area contributed by atoms with Gasteiger partial charge in [-0.05, 0) is 50.6 Å². The number of aryl methyl sites for hydroxylation is 2. The lowest BCUT2D eigenvalue weighted by atomic mass is 10.2. The first kappa shape index (κ1) is 19.9. The van der Waals surface area contributed by atoms with E-state index in [-0.39, 0.29) is 0 Å². The summed E-state index contributed by atoms with van der Waals surface area (Å²) in [6.45, 7) is 9.24. The maximum absolute atomic E-state index is 12.5. The van der Waals surface area contributed by atoms with E-state index in [4.69, 9.17) is 0 Å². The Morgan fingerprint density at radius 3 is 2.33 bits per heavy atom. The highest BCUT2D eigenvalue weighted by Crippen LogP contribution is 2.17. The van der Waals surface area contributed by atoms with E-state index < -0.39 is 10.0 Å². The fraction of sp³-hybridized carbons (Fsp3) is 0.429. The molecule has 6 heteroatoms. The third-order valence-electron chi connectivity index (χ3n) is 5.06. The van der Waals surface area contributed by atoms with Crippen molar-refractivity contribution in [2.75, 3.05) is 44.2 Å². The molecule has 27 heavy (non-hydrogen) atoms. The van der Waals surface area contributed by atoms with E-state index in [9.17, 15) is 8.42 Å². The van der Waals surface area contributed by atoms with Crippen LogP contribution >= 0.6 is 0 Å². The number of hydrogen-bond donors (Lipinski definition) is 1. The molecule has 0 aromatic heterocycles. The van der Waals surface area contributed by atoms with Crippen LogP contribution in [0, 0.1) is 13.8 Å². The Bertz CT molecular complexity index is 845. The second-order valence-electron chi connectivity index (χ2n) is 7.18. The summed E-state index contributed by atoms with van der Waals surface area (Å²) in [6, 6.07) is 15.9. The van der Waals surface area contributed by atoms with Gasteiger partial charge in [0, 0.05) is 38.4 Å². The Kier molecular flexibility index (Phi) is 6.52. The number of nitrogens with one attached hydrogen (secondary N) is 1. The number of para-hydroxylation sites is 1. The van der Waals surface area contributed by atoms with Crippen molar-refractivity contribution < 1.29 is 8.42 Å². The SMILES string of the molecule is Cc1ccc(S(=O)(=O)NCCCN2CCN(c3ccccc3)CC2)c(C)c1. The predicted molar refractivity (Wildman–Crippen MR) is 111 cm³/mol. The quantitative estimate of drug-likeness (QED) is 0.743. The smallest absolute Gasteiger partial charge is 0.240 e. The van der Waals surface area contributed by atoms with Crippen LogP contribution in [0.25, 0.3) is 0 Å². The molecular weight excluding hydrogens is 358 g/mol. The Morgan fingerprint density at radius 1 is 0.963 bits per heavy atom. The number of benzene rings is 2. The van der Waals surface area contributed by atoms with E-state index in [1.165, 1.54) is 5.69 Å². The Morgan fingerprint density at radius 2 is 1.67 bits per heavy atom. The van der Waals surface area contributed by atoms with Gasteiger partial charge < -0.3 is 4.90 Å². The Hall–Kier alpha value is -1.89. The first-order valence-electron chi connectivity index (χ1n) is 9.55. The van der Waals surface area contributed by atoms with Gasteiger partial charge in [-0.25, -0.2) is 13.1 Å². The molecule has 0 spiro atoms. The number of hydrogen-bond acceptors (Lipinski definition) is 4. The van der Waals surface area contributed by atoms with Gasteiger partial charge in [-0.1, -0.05) is 35.9 Å². The van der Waals surface area contributed by atoms with Crippen molar-refractivity contribution in [2.24, 2.45) is 0 Å². The fourth-order valence-electron chi connectivity index (χ4n) is 3.56. The summed E-state index contributed by atoms with van der Waals surface area (Å²) in [5.41, 5.74) is 3.14. The number of rotatable bonds is 7. The van der Waals surface area contributed by atoms with E-state index >= 15 is 0 Å². The molecule has 1 saturated heterocycles. The zero-order valence-electron chi connectivity index (χ0n) is 16.2. The molecule has 0 atom stereocenters. The summed E-state index contributed by atoms with van der Waals surface area (Å²) >= 11 is 0. The normalized spacial score (nSPS) is 15.9. The van der Waals surface area contributed by atoms with Crippen molar-refractivity contribution in [3.05, 3.63) is 59.7 Å². The van der Waals surface area contributed by atoms with Crippen molar-refractivity contribution >= 4 is 15.7 Å². The van der Waals surface area contributed by atoms with Gasteiger partial charge in [0.15, 0.2) is 0 Å². The molecule has 1 aliphatic rings. The summed E-state index contributed by atoms with van der Waals surface area (Å²) in [5, 5.41) is 0. The second kappa shape index (κ2) is 8.87. The maximum atomic E-state index is 12.5. The van der Waals surface area contributed by atoms with Gasteiger partial charge in [-0.15, -0.1) is 0 Å². The third-order valence-corrected chi connectivity index (χ3v) is 6.68. The van der Waals surface area contributed by atoms with Crippen LogP contribution in [0.4, 0.5) is 5.69 Å². The highest BCUT2D eigenvalue weighted by Gasteiger charge is 2.18. The molecular formula is C21H29N3O2S. The fourth-order valence-corrected chi connectivity index (χ4v) is 4.85. The molecule has 3 rings (SSSR count). The molecule has 2 aromatic carbocycles. The average Bonchev–Trinajstić information content (AvgIpc) is 2.66. The lowest BCUT2D eigenvalue weighted by Gasteiger charge is -2.36. The van der Waals surface area contributed by atoms with Crippen molar-refractivity contribution in [3.63, 3.8) is 0 Å². The van der Waals surface area contributed by atoms with Gasteiger partial charge in [-0.3, -0.25) is 4.90 Å². The van der Waals surface area contributed by atoms with Crippen LogP contribution in [0.15, 0.2) is 53.4 Å². The summed E-state index contributed by atoms with van der Waals surface area (Å²) in [5.74, 6) is 0. The van der Waals surface area contributed by atoms with Crippen LogP contribution in [0.3, 0.4) is 0 Å². The lowest BCUT2D eigenvalue weighted by molar-refractivity contribution is 0.255. The average molecular weight is 388 g/mol. The van der Waals surface area contributed by atoms with E-state index in [0.717, 1.165) is 50.3 Å². The first-order valence-corrected chi connectivity index (χ1v) is 11.0. The van der Waals surface area contributed by atoms with E-state index in [0.29, 0.717) is 11.4 Å². The molecule has 0 amide bonds. The molecule has 0 aliphatic carbocycles. The summed E-state index contributed by atoms with van der Waals surface area (Å²) < 4.78 is 27.7. The van der Waals surface area contributed by atoms with Gasteiger partial charge in [-0.2, -0.15) is 0 Å². The van der Waals surface area contributed by atoms with E-state index in [1.807, 2.05) is 32.0 Å². The predicted octanol–water partition coefficient (Wildman–Crippen LogP) is 2.79. The molecule has 5 nitrogen and oxygen atoms in total. The Labute approximate surface area is 163 Å². The molecule has 146 valence electrons. The van der Waals surface area contributed by atoms with Gasteiger partial charge in [0.05, 0.1) is 4.90 Å². The minimum absolute atomic E-state index is 0.379. The van der Waals surface area contributed by atoms with Gasteiger partial charge in [0.1, 0.15) is 0 Å². The Balaban J connectivity index is 1.42. The van der Waals surface area contributed by atoms with Crippen molar-refractivity contribution in [3.8, 4) is 0 Å². The minimum atomic E-state index is -3.43. The van der Waals surface area contributed by atoms with Crippen LogP contribution in [0.2, 0.25) is 0 Å². The van der Waals surface area contributed by atoms with E-state index in [1.54, 1.807) is 6.07 Å². The molecule has 1 heterocycles. The number of nitrogens with zero attached hydrogens (tertiary/aromatic N) is 2. The lowest BCUT2D eigenvalue weighted by Crippen LogP contribution is -2.47. The third kappa shape index (κ3) is 5.31. The summed E-state index contributed by atoms with van der Waals surface area (Å²) in [7, 11) is -3.43. The van der Waals surface area contributed by atoms with Crippen molar-refractivity contribution in [1.29, 1.82) is 0 Å². The maximum Gasteiger partial charge on any atom is 0.240 e. The topological polar surface area (TPSA) is 52.7 Å². The second-order valence-corrected chi connectivity index (χ2v) is 8.92. The standard InChI is InChI=1S/C21H29N3O2S/c1-18-9-10-21(19(2)17-18)27(25,26)22-11-6-12-23-13-15-24(16-14-23)20-7-4-3-5-8-20/h3-5,7-10,17,22H,6,11-16H2,1-2H3. The highest BCUT2D eigenvalue weighted by molar-refractivity contribution is 7.89. The highest BCUT2D eigenvalue weighted by atomic mass is 32.2. The van der Waals surface area contributed by atoms with Crippen LogP contribution in [0.1, 0.15) is 17.5 Å². The molecule has 0 radical (unpaired) electrons. The largest absolute Gasteiger partial charge is 0.369 e. The van der Waals surface area contributed by atoms with Gasteiger partial charge >= 0.3 is 0 Å². The number of anilines is 1. The number of piperazine rings is 1. The number of sulfonamides is 1. The monoisotopic (exact) mass is 387 g/mol. The molecule has 0 bridgehead atoms. The summed E-state index contributed by atoms with van der Waals surface area (Å²) in [6.07, 6.45) is 0.815. The molecule has 0 saturated carbocycles. The molecule has 0 unspecified atom stereocenters. The van der Waals surface area contributed by atoms with Crippen LogP contribution in [-0.4, -0.2) is 52.6 Å². The van der Waals surface area contributed by atoms with Crippen LogP contribution < -0.4 is 9.62 Å². The first-order chi connectivity index (χ1) is 13.0. The molecule has 1 fully saturated rings.